The van der Waals surface area contributed by atoms with Crippen molar-refractivity contribution < 1.29 is 4.79 Å². The van der Waals surface area contributed by atoms with Gasteiger partial charge in [0.15, 0.2) is 0 Å². The highest BCUT2D eigenvalue weighted by molar-refractivity contribution is 5.82. The fourth-order valence-corrected chi connectivity index (χ4v) is 2.11. The van der Waals surface area contributed by atoms with Gasteiger partial charge in [-0.25, -0.2) is 0 Å². The summed E-state index contributed by atoms with van der Waals surface area (Å²) in [6, 6.07) is 3.95. The van der Waals surface area contributed by atoms with E-state index in [2.05, 4.69) is 11.9 Å². The summed E-state index contributed by atoms with van der Waals surface area (Å²) >= 11 is 0. The van der Waals surface area contributed by atoms with Gasteiger partial charge in [0.25, 0.3) is 0 Å². The van der Waals surface area contributed by atoms with Crippen LogP contribution in [-0.4, -0.2) is 27.9 Å². The normalized spacial score (nSPS) is 16.3. The first-order valence-corrected chi connectivity index (χ1v) is 6.67. The maximum atomic E-state index is 12.3. The highest BCUT2D eigenvalue weighted by Crippen LogP contribution is 2.29. The zero-order valence-corrected chi connectivity index (χ0v) is 10.9. The van der Waals surface area contributed by atoms with Crippen LogP contribution in [0.3, 0.4) is 0 Å². The lowest BCUT2D eigenvalue weighted by molar-refractivity contribution is -0.134. The van der Waals surface area contributed by atoms with Gasteiger partial charge >= 0.3 is 0 Å². The zero-order valence-electron chi connectivity index (χ0n) is 10.9. The van der Waals surface area contributed by atoms with Gasteiger partial charge in [0.1, 0.15) is 0 Å². The number of carbonyl (C=O) groups is 1. The van der Waals surface area contributed by atoms with Crippen molar-refractivity contribution in [1.29, 1.82) is 0 Å². The van der Waals surface area contributed by atoms with E-state index in [-0.39, 0.29) is 11.9 Å². The molecule has 0 radical (unpaired) electrons. The molecule has 1 amide bonds. The van der Waals surface area contributed by atoms with E-state index in [0.29, 0.717) is 12.6 Å². The van der Waals surface area contributed by atoms with E-state index in [0.717, 1.165) is 31.2 Å². The number of aromatic nitrogens is 1. The van der Waals surface area contributed by atoms with Gasteiger partial charge in [0.05, 0.1) is 6.04 Å². The molecule has 2 rings (SSSR count). The molecule has 1 aliphatic rings. The molecule has 0 saturated heterocycles. The molecule has 18 heavy (non-hydrogen) atoms. The smallest absolute Gasteiger partial charge is 0.240 e. The van der Waals surface area contributed by atoms with E-state index in [9.17, 15) is 4.79 Å². The van der Waals surface area contributed by atoms with Gasteiger partial charge in [-0.1, -0.05) is 13.3 Å². The minimum atomic E-state index is -0.350. The first kappa shape index (κ1) is 13.0. The van der Waals surface area contributed by atoms with E-state index in [4.69, 9.17) is 5.73 Å². The third-order valence-corrected chi connectivity index (χ3v) is 3.29. The molecule has 2 N–H and O–H groups in total. The van der Waals surface area contributed by atoms with Gasteiger partial charge in [-0.15, -0.1) is 0 Å². The molecule has 1 atom stereocenters. The van der Waals surface area contributed by atoms with Crippen molar-refractivity contribution in [2.24, 2.45) is 5.73 Å². The standard InChI is InChI=1S/C14H21N3O/c1-2-3-13(15)14(18)17(12-4-5-12)10-11-6-8-16-9-7-11/h6-9,12-13H,2-5,10,15H2,1H3. The molecule has 0 aliphatic heterocycles. The summed E-state index contributed by atoms with van der Waals surface area (Å²) in [6.45, 7) is 2.71. The Kier molecular flexibility index (Phi) is 4.31. The summed E-state index contributed by atoms with van der Waals surface area (Å²) in [5, 5.41) is 0. The third kappa shape index (κ3) is 3.29. The number of hydrogen-bond acceptors (Lipinski definition) is 3. The Bertz CT molecular complexity index is 389. The van der Waals surface area contributed by atoms with E-state index in [1.165, 1.54) is 0 Å². The molecule has 4 nitrogen and oxygen atoms in total. The lowest BCUT2D eigenvalue weighted by Gasteiger charge is -2.25. The summed E-state index contributed by atoms with van der Waals surface area (Å²) in [7, 11) is 0. The molecule has 4 heteroatoms. The molecular formula is C14H21N3O. The van der Waals surface area contributed by atoms with Crippen molar-refractivity contribution in [1.82, 2.24) is 9.88 Å². The Morgan fingerprint density at radius 2 is 2.17 bits per heavy atom. The monoisotopic (exact) mass is 247 g/mol. The average molecular weight is 247 g/mol. The first-order chi connectivity index (χ1) is 8.72. The summed E-state index contributed by atoms with van der Waals surface area (Å²) < 4.78 is 0. The summed E-state index contributed by atoms with van der Waals surface area (Å²) in [4.78, 5) is 18.2. The minimum Gasteiger partial charge on any atom is -0.334 e. The number of nitrogens with zero attached hydrogens (tertiary/aromatic N) is 2. The van der Waals surface area contributed by atoms with Crippen LogP contribution in [-0.2, 0) is 11.3 Å². The van der Waals surface area contributed by atoms with Crippen LogP contribution in [0.5, 0.6) is 0 Å². The Morgan fingerprint density at radius 1 is 1.50 bits per heavy atom. The quantitative estimate of drug-likeness (QED) is 0.832. The number of amides is 1. The first-order valence-electron chi connectivity index (χ1n) is 6.67. The average Bonchev–Trinajstić information content (AvgIpc) is 3.21. The van der Waals surface area contributed by atoms with Crippen LogP contribution in [0.15, 0.2) is 24.5 Å². The van der Waals surface area contributed by atoms with Crippen molar-refractivity contribution >= 4 is 5.91 Å². The van der Waals surface area contributed by atoms with Gasteiger partial charge in [-0.2, -0.15) is 0 Å². The third-order valence-electron chi connectivity index (χ3n) is 3.29. The zero-order chi connectivity index (χ0) is 13.0. The van der Waals surface area contributed by atoms with Gasteiger partial charge in [-0.05, 0) is 37.0 Å². The molecule has 1 unspecified atom stereocenters. The summed E-state index contributed by atoms with van der Waals surface area (Å²) in [6.07, 6.45) is 7.44. The molecule has 98 valence electrons. The fourth-order valence-electron chi connectivity index (χ4n) is 2.11. The van der Waals surface area contributed by atoms with Crippen LogP contribution in [0, 0.1) is 0 Å². The van der Waals surface area contributed by atoms with E-state index >= 15 is 0 Å². The van der Waals surface area contributed by atoms with Crippen molar-refractivity contribution in [2.75, 3.05) is 0 Å². The Balaban J connectivity index is 2.02. The molecule has 0 bridgehead atoms. The molecule has 0 aromatic carbocycles. The highest BCUT2D eigenvalue weighted by atomic mass is 16.2. The predicted molar refractivity (Wildman–Crippen MR) is 70.7 cm³/mol. The topological polar surface area (TPSA) is 59.2 Å². The Hall–Kier alpha value is -1.42. The highest BCUT2D eigenvalue weighted by Gasteiger charge is 2.34. The summed E-state index contributed by atoms with van der Waals surface area (Å²) in [5.41, 5.74) is 7.06. The lowest BCUT2D eigenvalue weighted by atomic mass is 10.1. The minimum absolute atomic E-state index is 0.0937. The number of pyridine rings is 1. The van der Waals surface area contributed by atoms with Crippen LogP contribution >= 0.6 is 0 Å². The molecule has 1 heterocycles. The van der Waals surface area contributed by atoms with E-state index in [1.807, 2.05) is 17.0 Å². The van der Waals surface area contributed by atoms with Gasteiger partial charge in [-0.3, -0.25) is 9.78 Å². The molecule has 1 fully saturated rings. The van der Waals surface area contributed by atoms with E-state index < -0.39 is 0 Å². The van der Waals surface area contributed by atoms with Gasteiger partial charge in [0.2, 0.25) is 5.91 Å². The molecular weight excluding hydrogens is 226 g/mol. The predicted octanol–water partition coefficient (Wildman–Crippen LogP) is 1.70. The van der Waals surface area contributed by atoms with Crippen molar-refractivity contribution in [3.8, 4) is 0 Å². The van der Waals surface area contributed by atoms with Crippen LogP contribution in [0.1, 0.15) is 38.2 Å². The number of hydrogen-bond donors (Lipinski definition) is 1. The van der Waals surface area contributed by atoms with Crippen LogP contribution in [0.4, 0.5) is 0 Å². The Labute approximate surface area is 108 Å². The van der Waals surface area contributed by atoms with Crippen molar-refractivity contribution in [2.45, 2.75) is 51.2 Å². The number of carbonyl (C=O) groups excluding carboxylic acids is 1. The SMILES string of the molecule is CCCC(N)C(=O)N(Cc1ccncc1)C1CC1. The second-order valence-corrected chi connectivity index (χ2v) is 4.95. The molecule has 1 aliphatic carbocycles. The van der Waals surface area contributed by atoms with Crippen LogP contribution in [0.2, 0.25) is 0 Å². The maximum absolute atomic E-state index is 12.3. The van der Waals surface area contributed by atoms with E-state index in [1.54, 1.807) is 12.4 Å². The van der Waals surface area contributed by atoms with Crippen molar-refractivity contribution in [3.05, 3.63) is 30.1 Å². The van der Waals surface area contributed by atoms with Crippen molar-refractivity contribution in [3.63, 3.8) is 0 Å². The second kappa shape index (κ2) is 5.96. The largest absolute Gasteiger partial charge is 0.334 e. The number of rotatable bonds is 6. The fraction of sp³-hybridized carbons (Fsp3) is 0.571. The van der Waals surface area contributed by atoms with Crippen LogP contribution < -0.4 is 5.73 Å². The molecule has 1 saturated carbocycles. The van der Waals surface area contributed by atoms with Crippen LogP contribution in [0.25, 0.3) is 0 Å². The second-order valence-electron chi connectivity index (χ2n) is 4.95. The van der Waals surface area contributed by atoms with Gasteiger partial charge < -0.3 is 10.6 Å². The summed E-state index contributed by atoms with van der Waals surface area (Å²) in [5.74, 6) is 0.0937. The lowest BCUT2D eigenvalue weighted by Crippen LogP contribution is -2.44. The maximum Gasteiger partial charge on any atom is 0.240 e. The molecule has 1 aromatic rings. The number of nitrogens with two attached hydrogens (primary N) is 1. The molecule has 1 aromatic heterocycles. The van der Waals surface area contributed by atoms with Gasteiger partial charge in [0, 0.05) is 25.0 Å². The molecule has 0 spiro atoms. The Morgan fingerprint density at radius 3 is 2.72 bits per heavy atom.